The van der Waals surface area contributed by atoms with E-state index in [1.165, 1.54) is 10.4 Å². The Morgan fingerprint density at radius 3 is 2.77 bits per heavy atom. The first-order valence-electron chi connectivity index (χ1n) is 8.09. The van der Waals surface area contributed by atoms with Gasteiger partial charge in [0.15, 0.2) is 5.82 Å². The largest absolute Gasteiger partial charge is 0.367 e. The summed E-state index contributed by atoms with van der Waals surface area (Å²) in [6.45, 7) is 4.72. The number of anilines is 2. The highest BCUT2D eigenvalue weighted by atomic mass is 32.1. The van der Waals surface area contributed by atoms with Crippen LogP contribution in [0.25, 0.3) is 21.6 Å². The number of aromatic amines is 1. The van der Waals surface area contributed by atoms with Gasteiger partial charge < -0.3 is 10.6 Å². The summed E-state index contributed by atoms with van der Waals surface area (Å²) in [5.41, 5.74) is 7.69. The van der Waals surface area contributed by atoms with E-state index in [2.05, 4.69) is 34.0 Å². The highest BCUT2D eigenvalue weighted by Crippen LogP contribution is 2.36. The predicted molar refractivity (Wildman–Crippen MR) is 103 cm³/mol. The number of thiophene rings is 1. The molecule has 8 nitrogen and oxygen atoms in total. The number of hydrogen-bond donors (Lipinski definition) is 2. The number of fused-ring (bicyclic) bond motifs is 1. The summed E-state index contributed by atoms with van der Waals surface area (Å²) >= 11 is 1.68. The molecule has 132 valence electrons. The topological polar surface area (TPSA) is 110 Å². The molecule has 4 rings (SSSR count). The van der Waals surface area contributed by atoms with Crippen LogP contribution in [0.4, 0.5) is 11.8 Å². The number of rotatable bonds is 4. The molecule has 0 spiro atoms. The SMILES string of the molecule is Cc1sc2nc(-c3cccnc3)nc(N(C)Cc3nc(N)n[nH]3)c2c1C. The molecule has 3 N–H and O–H groups in total. The highest BCUT2D eigenvalue weighted by molar-refractivity contribution is 7.18. The smallest absolute Gasteiger partial charge is 0.239 e. The molecule has 0 saturated heterocycles. The van der Waals surface area contributed by atoms with Gasteiger partial charge in [-0.25, -0.2) is 9.97 Å². The van der Waals surface area contributed by atoms with Crippen molar-refractivity contribution in [2.45, 2.75) is 20.4 Å². The number of nitrogens with one attached hydrogen (secondary N) is 1. The molecule has 0 atom stereocenters. The lowest BCUT2D eigenvalue weighted by Gasteiger charge is -2.19. The van der Waals surface area contributed by atoms with Crippen LogP contribution in [0.2, 0.25) is 0 Å². The second-order valence-corrected chi connectivity index (χ2v) is 7.28. The molecule has 0 bridgehead atoms. The molecule has 4 aromatic rings. The molecular formula is C17H18N8S. The predicted octanol–water partition coefficient (Wildman–Crippen LogP) is 2.71. The van der Waals surface area contributed by atoms with E-state index in [4.69, 9.17) is 15.7 Å². The van der Waals surface area contributed by atoms with Crippen molar-refractivity contribution in [3.8, 4) is 11.4 Å². The second-order valence-electron chi connectivity index (χ2n) is 6.07. The van der Waals surface area contributed by atoms with Gasteiger partial charge in [-0.15, -0.1) is 16.4 Å². The van der Waals surface area contributed by atoms with Crippen molar-refractivity contribution in [1.82, 2.24) is 30.1 Å². The third kappa shape index (κ3) is 2.86. The molecule has 0 unspecified atom stereocenters. The van der Waals surface area contributed by atoms with Gasteiger partial charge in [-0.2, -0.15) is 4.98 Å². The fraction of sp³-hybridized carbons (Fsp3) is 0.235. The van der Waals surface area contributed by atoms with Crippen LogP contribution in [0.1, 0.15) is 16.3 Å². The molecule has 0 fully saturated rings. The van der Waals surface area contributed by atoms with Gasteiger partial charge in [0.05, 0.1) is 11.9 Å². The summed E-state index contributed by atoms with van der Waals surface area (Å²) in [4.78, 5) is 22.2. The van der Waals surface area contributed by atoms with E-state index in [1.54, 1.807) is 23.7 Å². The fourth-order valence-corrected chi connectivity index (χ4v) is 3.83. The number of nitrogens with zero attached hydrogens (tertiary/aromatic N) is 6. The lowest BCUT2D eigenvalue weighted by Crippen LogP contribution is -2.19. The van der Waals surface area contributed by atoms with E-state index < -0.39 is 0 Å². The van der Waals surface area contributed by atoms with Crippen molar-refractivity contribution < 1.29 is 0 Å². The van der Waals surface area contributed by atoms with Gasteiger partial charge in [0, 0.05) is 29.9 Å². The van der Waals surface area contributed by atoms with Gasteiger partial charge in [0.1, 0.15) is 16.5 Å². The number of nitrogen functional groups attached to an aromatic ring is 1. The lowest BCUT2D eigenvalue weighted by molar-refractivity contribution is 0.833. The van der Waals surface area contributed by atoms with Crippen LogP contribution in [0.5, 0.6) is 0 Å². The third-order valence-corrected chi connectivity index (χ3v) is 5.33. The average Bonchev–Trinajstić information content (AvgIpc) is 3.18. The Morgan fingerprint density at radius 1 is 1.23 bits per heavy atom. The van der Waals surface area contributed by atoms with E-state index >= 15 is 0 Å². The summed E-state index contributed by atoms with van der Waals surface area (Å²) in [6.07, 6.45) is 3.51. The number of aromatic nitrogens is 6. The number of hydrogen-bond acceptors (Lipinski definition) is 8. The van der Waals surface area contributed by atoms with E-state index in [9.17, 15) is 0 Å². The van der Waals surface area contributed by atoms with Gasteiger partial charge >= 0.3 is 0 Å². The summed E-state index contributed by atoms with van der Waals surface area (Å²) in [5.74, 6) is 2.43. The summed E-state index contributed by atoms with van der Waals surface area (Å²) in [7, 11) is 1.97. The van der Waals surface area contributed by atoms with Crippen LogP contribution < -0.4 is 10.6 Å². The molecule has 0 aliphatic carbocycles. The number of nitrogens with two attached hydrogens (primary N) is 1. The van der Waals surface area contributed by atoms with E-state index in [0.29, 0.717) is 18.2 Å². The van der Waals surface area contributed by atoms with Crippen LogP contribution in [-0.2, 0) is 6.54 Å². The lowest BCUT2D eigenvalue weighted by atomic mass is 10.2. The minimum Gasteiger partial charge on any atom is -0.367 e. The van der Waals surface area contributed by atoms with Crippen molar-refractivity contribution in [1.29, 1.82) is 0 Å². The normalized spacial score (nSPS) is 11.2. The van der Waals surface area contributed by atoms with Crippen molar-refractivity contribution in [3.63, 3.8) is 0 Å². The maximum absolute atomic E-state index is 5.61. The molecular weight excluding hydrogens is 348 g/mol. The zero-order valence-electron chi connectivity index (χ0n) is 14.7. The maximum atomic E-state index is 5.61. The van der Waals surface area contributed by atoms with Crippen molar-refractivity contribution in [3.05, 3.63) is 40.8 Å². The average molecular weight is 366 g/mol. The Balaban J connectivity index is 1.85. The standard InChI is InChI=1S/C17H18N8S/c1-9-10(2)26-16-13(9)15(25(3)8-12-20-17(18)24-23-12)21-14(22-16)11-5-4-6-19-7-11/h4-7H,8H2,1-3H3,(H3,18,20,23,24). The Morgan fingerprint density at radius 2 is 2.08 bits per heavy atom. The quantitative estimate of drug-likeness (QED) is 0.571. The Labute approximate surface area is 154 Å². The molecule has 26 heavy (non-hydrogen) atoms. The fourth-order valence-electron chi connectivity index (χ4n) is 2.81. The molecule has 9 heteroatoms. The maximum Gasteiger partial charge on any atom is 0.239 e. The Bertz CT molecular complexity index is 1070. The van der Waals surface area contributed by atoms with Crippen LogP contribution in [-0.4, -0.2) is 37.2 Å². The van der Waals surface area contributed by atoms with Gasteiger partial charge in [0.2, 0.25) is 5.95 Å². The summed E-state index contributed by atoms with van der Waals surface area (Å²) in [5, 5.41) is 7.80. The molecule has 0 aliphatic rings. The zero-order valence-corrected chi connectivity index (χ0v) is 15.5. The number of pyridine rings is 1. The van der Waals surface area contributed by atoms with Gasteiger partial charge in [-0.3, -0.25) is 10.1 Å². The van der Waals surface area contributed by atoms with Gasteiger partial charge in [-0.1, -0.05) is 0 Å². The molecule has 0 radical (unpaired) electrons. The molecule has 4 aromatic heterocycles. The van der Waals surface area contributed by atoms with Gasteiger partial charge in [-0.05, 0) is 31.5 Å². The van der Waals surface area contributed by atoms with Crippen LogP contribution in [0.15, 0.2) is 24.5 Å². The Kier molecular flexibility index (Phi) is 4.00. The minimum absolute atomic E-state index is 0.236. The zero-order chi connectivity index (χ0) is 18.3. The third-order valence-electron chi connectivity index (χ3n) is 4.23. The van der Waals surface area contributed by atoms with Crippen LogP contribution >= 0.6 is 11.3 Å². The first-order valence-corrected chi connectivity index (χ1v) is 8.90. The van der Waals surface area contributed by atoms with Crippen LogP contribution in [0, 0.1) is 13.8 Å². The first kappa shape index (κ1) is 16.4. The second kappa shape index (κ2) is 6.34. The van der Waals surface area contributed by atoms with Crippen molar-refractivity contribution in [2.75, 3.05) is 17.7 Å². The van der Waals surface area contributed by atoms with Gasteiger partial charge in [0.25, 0.3) is 0 Å². The Hall–Kier alpha value is -3.07. The van der Waals surface area contributed by atoms with E-state index in [0.717, 1.165) is 21.6 Å². The van der Waals surface area contributed by atoms with Crippen molar-refractivity contribution >= 4 is 33.3 Å². The van der Waals surface area contributed by atoms with E-state index in [-0.39, 0.29) is 5.95 Å². The van der Waals surface area contributed by atoms with Crippen molar-refractivity contribution in [2.24, 2.45) is 0 Å². The highest BCUT2D eigenvalue weighted by Gasteiger charge is 2.19. The van der Waals surface area contributed by atoms with E-state index in [1.807, 2.05) is 24.1 Å². The molecule has 0 saturated carbocycles. The first-order chi connectivity index (χ1) is 12.5. The molecule has 4 heterocycles. The molecule has 0 amide bonds. The summed E-state index contributed by atoms with van der Waals surface area (Å²) in [6, 6.07) is 3.84. The minimum atomic E-state index is 0.236. The monoisotopic (exact) mass is 366 g/mol. The summed E-state index contributed by atoms with van der Waals surface area (Å²) < 4.78 is 0. The number of aryl methyl sites for hydroxylation is 2. The molecule has 0 aliphatic heterocycles. The number of H-pyrrole nitrogens is 1. The van der Waals surface area contributed by atoms with Crippen LogP contribution in [0.3, 0.4) is 0 Å². The molecule has 0 aromatic carbocycles.